The molecule has 0 aromatic heterocycles. The van der Waals surface area contributed by atoms with E-state index in [4.69, 9.17) is 9.47 Å². The number of ether oxygens (including phenoxy) is 2. The molecule has 0 amide bonds. The number of rotatable bonds is 37. The number of carbonyl (C=O) groups excluding carboxylic acids is 2. The Labute approximate surface area is 307 Å². The first-order chi connectivity index (χ1) is 24.1. The van der Waals surface area contributed by atoms with E-state index in [0.717, 1.165) is 51.4 Å². The van der Waals surface area contributed by atoms with Crippen LogP contribution in [0.4, 0.5) is 0 Å². The number of hydrogen-bond donors (Lipinski definition) is 0. The molecule has 0 aliphatic heterocycles. The van der Waals surface area contributed by atoms with Gasteiger partial charge in [-0.3, -0.25) is 9.59 Å². The number of carbonyl (C=O) groups is 2. The number of esters is 2. The quantitative estimate of drug-likeness (QED) is 0.0370. The summed E-state index contributed by atoms with van der Waals surface area (Å²) in [6, 6.07) is 0. The van der Waals surface area contributed by atoms with Crippen molar-refractivity contribution in [3.63, 3.8) is 0 Å². The summed E-state index contributed by atoms with van der Waals surface area (Å²) < 4.78 is 10.4. The van der Waals surface area contributed by atoms with E-state index in [2.05, 4.69) is 52.0 Å². The lowest BCUT2D eigenvalue weighted by Crippen LogP contribution is -2.05. The van der Waals surface area contributed by atoms with Crippen molar-refractivity contribution < 1.29 is 19.1 Å². The summed E-state index contributed by atoms with van der Waals surface area (Å²) >= 11 is 0. The van der Waals surface area contributed by atoms with Gasteiger partial charge in [-0.2, -0.15) is 0 Å². The molecule has 49 heavy (non-hydrogen) atoms. The summed E-state index contributed by atoms with van der Waals surface area (Å²) in [6.07, 6.45) is 49.5. The van der Waals surface area contributed by atoms with Crippen molar-refractivity contribution >= 4 is 11.9 Å². The fourth-order valence-corrected chi connectivity index (χ4v) is 5.69. The molecule has 0 aliphatic carbocycles. The summed E-state index contributed by atoms with van der Waals surface area (Å²) in [5, 5.41) is 0. The molecule has 0 aromatic rings. The Hall–Kier alpha value is -1.58. The minimum absolute atomic E-state index is 0.00581. The lowest BCUT2D eigenvalue weighted by atomic mass is 10.1. The highest BCUT2D eigenvalue weighted by molar-refractivity contribution is 5.69. The van der Waals surface area contributed by atoms with Gasteiger partial charge < -0.3 is 9.47 Å². The molecule has 4 heteroatoms. The van der Waals surface area contributed by atoms with Gasteiger partial charge >= 0.3 is 11.9 Å². The van der Waals surface area contributed by atoms with E-state index in [0.29, 0.717) is 26.1 Å². The Morgan fingerprint density at radius 3 is 0.939 bits per heavy atom. The first kappa shape index (κ1) is 49.5. The maximum absolute atomic E-state index is 11.5. The van der Waals surface area contributed by atoms with Crippen LogP contribution in [-0.2, 0) is 19.1 Å². The van der Waals surface area contributed by atoms with Crippen LogP contribution in [0.1, 0.15) is 240 Å². The van der Waals surface area contributed by atoms with Crippen LogP contribution in [0.3, 0.4) is 0 Å². The normalized spacial score (nSPS) is 11.3. The molecular formula is C45H86O4. The van der Waals surface area contributed by atoms with Gasteiger partial charge in [0.05, 0.1) is 13.2 Å². The van der Waals surface area contributed by atoms with E-state index >= 15 is 0 Å². The van der Waals surface area contributed by atoms with Crippen molar-refractivity contribution in [2.45, 2.75) is 240 Å². The summed E-state index contributed by atoms with van der Waals surface area (Å²) in [7, 11) is 0. The Balaban J connectivity index is 0. The van der Waals surface area contributed by atoms with Crippen molar-refractivity contribution in [1.82, 2.24) is 0 Å². The van der Waals surface area contributed by atoms with Crippen LogP contribution < -0.4 is 0 Å². The molecule has 0 aliphatic rings. The van der Waals surface area contributed by atoms with Crippen LogP contribution in [0.2, 0.25) is 0 Å². The zero-order valence-corrected chi connectivity index (χ0v) is 33.7. The van der Waals surface area contributed by atoms with Crippen LogP contribution in [0.15, 0.2) is 24.3 Å². The molecule has 0 saturated carbocycles. The molecule has 0 saturated heterocycles. The Kier molecular flexibility index (Phi) is 46.9. The molecule has 4 nitrogen and oxygen atoms in total. The molecular weight excluding hydrogens is 604 g/mol. The molecule has 0 atom stereocenters. The third-order valence-corrected chi connectivity index (χ3v) is 9.06. The molecule has 0 radical (unpaired) electrons. The van der Waals surface area contributed by atoms with E-state index < -0.39 is 0 Å². The molecule has 0 N–H and O–H groups in total. The maximum atomic E-state index is 11.5. The van der Waals surface area contributed by atoms with Gasteiger partial charge in [-0.1, -0.05) is 174 Å². The zero-order valence-electron chi connectivity index (χ0n) is 33.7. The van der Waals surface area contributed by atoms with Gasteiger partial charge in [0.2, 0.25) is 0 Å². The van der Waals surface area contributed by atoms with Gasteiger partial charge in [0.1, 0.15) is 0 Å². The predicted octanol–water partition coefficient (Wildman–Crippen LogP) is 15.1. The molecule has 0 spiro atoms. The van der Waals surface area contributed by atoms with Crippen LogP contribution in [-0.4, -0.2) is 25.2 Å². The van der Waals surface area contributed by atoms with Crippen molar-refractivity contribution in [3.8, 4) is 0 Å². The summed E-state index contributed by atoms with van der Waals surface area (Å²) in [5.74, 6) is -0.0187. The Bertz CT molecular complexity index is 698. The van der Waals surface area contributed by atoms with Gasteiger partial charge in [0, 0.05) is 12.8 Å². The Morgan fingerprint density at radius 2 is 0.592 bits per heavy atom. The van der Waals surface area contributed by atoms with Crippen LogP contribution in [0.5, 0.6) is 0 Å². The smallest absolute Gasteiger partial charge is 0.305 e. The van der Waals surface area contributed by atoms with Gasteiger partial charge in [0.15, 0.2) is 0 Å². The second kappa shape index (κ2) is 46.4. The molecule has 0 unspecified atom stereocenters. The van der Waals surface area contributed by atoms with E-state index in [9.17, 15) is 9.59 Å². The largest absolute Gasteiger partial charge is 0.466 e. The van der Waals surface area contributed by atoms with E-state index in [-0.39, 0.29) is 11.9 Å². The maximum Gasteiger partial charge on any atom is 0.305 e. The van der Waals surface area contributed by atoms with Crippen molar-refractivity contribution in [1.29, 1.82) is 0 Å². The van der Waals surface area contributed by atoms with E-state index in [1.165, 1.54) is 148 Å². The lowest BCUT2D eigenvalue weighted by Gasteiger charge is -2.04. The van der Waals surface area contributed by atoms with Crippen molar-refractivity contribution in [2.75, 3.05) is 13.2 Å². The van der Waals surface area contributed by atoms with Gasteiger partial charge in [-0.05, 0) is 77.0 Å². The number of hydrogen-bond acceptors (Lipinski definition) is 4. The summed E-state index contributed by atoms with van der Waals surface area (Å²) in [5.41, 5.74) is 0. The molecule has 0 bridgehead atoms. The third-order valence-electron chi connectivity index (χ3n) is 9.06. The van der Waals surface area contributed by atoms with E-state index in [1.54, 1.807) is 0 Å². The van der Waals surface area contributed by atoms with Crippen molar-refractivity contribution in [3.05, 3.63) is 24.3 Å². The molecule has 0 aromatic carbocycles. The topological polar surface area (TPSA) is 52.6 Å². The molecule has 0 heterocycles. The first-order valence-electron chi connectivity index (χ1n) is 21.7. The second-order valence-corrected chi connectivity index (χ2v) is 14.2. The lowest BCUT2D eigenvalue weighted by molar-refractivity contribution is -0.144. The zero-order chi connectivity index (χ0) is 36.1. The summed E-state index contributed by atoms with van der Waals surface area (Å²) in [6.45, 7) is 10.0. The van der Waals surface area contributed by atoms with Gasteiger partial charge in [0.25, 0.3) is 0 Å². The number of allylic oxidation sites excluding steroid dienone is 4. The average Bonchev–Trinajstić information content (AvgIpc) is 3.10. The minimum atomic E-state index is -0.0129. The standard InChI is InChI=1S/C23H44O2.C22H42O2/c1-3-5-7-8-9-10-11-12-13-14-15-16-17-18-19-21-23(24)25-22-20-6-4-2;1-3-5-7-8-9-10-11-12-13-14-15-16-17-18-19-20-22(23)24-21-6-4-2/h12-13H,3-11,14-22H2,1-2H3;12-13H,3-11,14-21H2,1-2H3/b2*13-12+. The highest BCUT2D eigenvalue weighted by Gasteiger charge is 2.03. The highest BCUT2D eigenvalue weighted by atomic mass is 16.5. The fraction of sp³-hybridized carbons (Fsp3) is 0.867. The van der Waals surface area contributed by atoms with Crippen LogP contribution in [0, 0.1) is 0 Å². The highest BCUT2D eigenvalue weighted by Crippen LogP contribution is 2.12. The van der Waals surface area contributed by atoms with Crippen LogP contribution in [0.25, 0.3) is 0 Å². The second-order valence-electron chi connectivity index (χ2n) is 14.2. The monoisotopic (exact) mass is 691 g/mol. The van der Waals surface area contributed by atoms with E-state index in [1.807, 2.05) is 0 Å². The minimum Gasteiger partial charge on any atom is -0.466 e. The molecule has 290 valence electrons. The van der Waals surface area contributed by atoms with Crippen molar-refractivity contribution in [2.24, 2.45) is 0 Å². The molecule has 0 rings (SSSR count). The fourth-order valence-electron chi connectivity index (χ4n) is 5.69. The first-order valence-corrected chi connectivity index (χ1v) is 21.7. The molecule has 0 fully saturated rings. The Morgan fingerprint density at radius 1 is 0.327 bits per heavy atom. The average molecular weight is 691 g/mol. The van der Waals surface area contributed by atoms with Crippen LogP contribution >= 0.6 is 0 Å². The predicted molar refractivity (Wildman–Crippen MR) is 215 cm³/mol. The SMILES string of the molecule is CCCCCCCC/C=C/CCCCCCCC(=O)OCCCC.CCCCCCCC/C=C/CCCCCCCC(=O)OCCCCC. The van der Waals surface area contributed by atoms with Gasteiger partial charge in [-0.15, -0.1) is 0 Å². The van der Waals surface area contributed by atoms with Gasteiger partial charge in [-0.25, -0.2) is 0 Å². The summed E-state index contributed by atoms with van der Waals surface area (Å²) in [4.78, 5) is 22.9. The third kappa shape index (κ3) is 48.6. The number of unbranched alkanes of at least 4 members (excludes halogenated alkanes) is 25.